The summed E-state index contributed by atoms with van der Waals surface area (Å²) in [4.78, 5) is 13.2. The zero-order chi connectivity index (χ0) is 12.4. The van der Waals surface area contributed by atoms with Crippen LogP contribution in [0.15, 0.2) is 12.1 Å². The Morgan fingerprint density at radius 2 is 2.00 bits per heavy atom. The molecule has 2 rings (SSSR count). The van der Waals surface area contributed by atoms with Crippen LogP contribution in [-0.2, 0) is 0 Å². The number of rotatable bonds is 3. The maximum Gasteiger partial charge on any atom is 0.322 e. The first-order valence-corrected chi connectivity index (χ1v) is 5.52. The van der Waals surface area contributed by atoms with E-state index in [-0.39, 0.29) is 6.03 Å². The van der Waals surface area contributed by atoms with Crippen LogP contribution in [0.2, 0.25) is 5.02 Å². The summed E-state index contributed by atoms with van der Waals surface area (Å²) in [5.74, 6) is 1.06. The summed E-state index contributed by atoms with van der Waals surface area (Å²) < 4.78 is 10.4. The molecule has 0 aliphatic carbocycles. The first-order chi connectivity index (χ1) is 8.17. The zero-order valence-electron chi connectivity index (χ0n) is 9.62. The number of anilines is 1. The standard InChI is InChI=1S/C11H13ClN2O3/c1-16-9-6-8(10(17-2)5-7(9)12)14-4-3-13-11(14)15/h5-6H,3-4H2,1-2H3,(H,13,15). The zero-order valence-corrected chi connectivity index (χ0v) is 10.4. The molecular formula is C11H13ClN2O3. The highest BCUT2D eigenvalue weighted by Crippen LogP contribution is 2.38. The van der Waals surface area contributed by atoms with Gasteiger partial charge in [0, 0.05) is 25.2 Å². The van der Waals surface area contributed by atoms with Crippen molar-refractivity contribution in [2.75, 3.05) is 32.2 Å². The monoisotopic (exact) mass is 256 g/mol. The fraction of sp³-hybridized carbons (Fsp3) is 0.364. The Hall–Kier alpha value is -1.62. The largest absolute Gasteiger partial charge is 0.495 e. The molecule has 6 heteroatoms. The minimum absolute atomic E-state index is 0.146. The number of benzene rings is 1. The molecule has 1 fully saturated rings. The Morgan fingerprint density at radius 1 is 1.29 bits per heavy atom. The van der Waals surface area contributed by atoms with Gasteiger partial charge in [0.25, 0.3) is 0 Å². The molecule has 2 amide bonds. The Labute approximate surface area is 104 Å². The van der Waals surface area contributed by atoms with Gasteiger partial charge in [-0.05, 0) is 0 Å². The van der Waals surface area contributed by atoms with E-state index in [0.717, 1.165) is 0 Å². The number of halogens is 1. The van der Waals surface area contributed by atoms with Crippen molar-refractivity contribution < 1.29 is 14.3 Å². The summed E-state index contributed by atoms with van der Waals surface area (Å²) >= 11 is 6.00. The van der Waals surface area contributed by atoms with Crippen LogP contribution in [0.25, 0.3) is 0 Å². The number of carbonyl (C=O) groups excluding carboxylic acids is 1. The van der Waals surface area contributed by atoms with Crippen molar-refractivity contribution in [2.45, 2.75) is 0 Å². The fourth-order valence-electron chi connectivity index (χ4n) is 1.76. The first kappa shape index (κ1) is 11.9. The molecule has 92 valence electrons. The third-order valence-corrected chi connectivity index (χ3v) is 2.90. The highest BCUT2D eigenvalue weighted by atomic mass is 35.5. The van der Waals surface area contributed by atoms with Gasteiger partial charge in [0.2, 0.25) is 0 Å². The van der Waals surface area contributed by atoms with Gasteiger partial charge in [0.15, 0.2) is 0 Å². The van der Waals surface area contributed by atoms with Gasteiger partial charge < -0.3 is 14.8 Å². The van der Waals surface area contributed by atoms with Gasteiger partial charge in [0.1, 0.15) is 11.5 Å². The number of hydrogen-bond acceptors (Lipinski definition) is 3. The number of ether oxygens (including phenoxy) is 2. The quantitative estimate of drug-likeness (QED) is 0.899. The summed E-state index contributed by atoms with van der Waals surface area (Å²) in [5.41, 5.74) is 0.656. The van der Waals surface area contributed by atoms with Crippen LogP contribution < -0.4 is 19.7 Å². The third kappa shape index (κ3) is 2.10. The topological polar surface area (TPSA) is 50.8 Å². The summed E-state index contributed by atoms with van der Waals surface area (Å²) in [6.45, 7) is 1.22. The molecule has 1 N–H and O–H groups in total. The average molecular weight is 257 g/mol. The van der Waals surface area contributed by atoms with Crippen LogP contribution in [-0.4, -0.2) is 33.3 Å². The smallest absolute Gasteiger partial charge is 0.322 e. The number of carbonyl (C=O) groups is 1. The van der Waals surface area contributed by atoms with Crippen molar-refractivity contribution in [2.24, 2.45) is 0 Å². The molecule has 1 aliphatic rings. The van der Waals surface area contributed by atoms with Gasteiger partial charge in [-0.25, -0.2) is 4.79 Å². The number of amides is 2. The van der Waals surface area contributed by atoms with Crippen molar-refractivity contribution in [3.8, 4) is 11.5 Å². The van der Waals surface area contributed by atoms with E-state index in [9.17, 15) is 4.79 Å². The van der Waals surface area contributed by atoms with Crippen LogP contribution in [0.4, 0.5) is 10.5 Å². The lowest BCUT2D eigenvalue weighted by Gasteiger charge is -2.19. The molecular weight excluding hydrogens is 244 g/mol. The molecule has 0 spiro atoms. The molecule has 5 nitrogen and oxygen atoms in total. The van der Waals surface area contributed by atoms with Gasteiger partial charge >= 0.3 is 6.03 Å². The van der Waals surface area contributed by atoms with Gasteiger partial charge in [0.05, 0.1) is 24.9 Å². The maximum absolute atomic E-state index is 11.6. The Kier molecular flexibility index (Phi) is 3.28. The summed E-state index contributed by atoms with van der Waals surface area (Å²) in [6.07, 6.45) is 0. The number of methoxy groups -OCH3 is 2. The fourth-order valence-corrected chi connectivity index (χ4v) is 1.99. The molecule has 0 unspecified atom stereocenters. The predicted molar refractivity (Wildman–Crippen MR) is 65.3 cm³/mol. The summed E-state index contributed by atoms with van der Waals surface area (Å²) in [5, 5.41) is 3.18. The molecule has 1 heterocycles. The van der Waals surface area contributed by atoms with Crippen LogP contribution in [0.5, 0.6) is 11.5 Å². The lowest BCUT2D eigenvalue weighted by molar-refractivity contribution is 0.252. The Bertz CT molecular complexity index is 451. The SMILES string of the molecule is COc1cc(N2CCNC2=O)c(OC)cc1Cl. The molecule has 1 aromatic carbocycles. The van der Waals surface area contributed by atoms with Gasteiger partial charge in [-0.3, -0.25) is 4.90 Å². The van der Waals surface area contributed by atoms with E-state index in [1.54, 1.807) is 17.0 Å². The second-order valence-electron chi connectivity index (χ2n) is 3.54. The van der Waals surface area contributed by atoms with Crippen LogP contribution in [0.1, 0.15) is 0 Å². The molecule has 0 atom stereocenters. The Balaban J connectivity index is 2.47. The lowest BCUT2D eigenvalue weighted by atomic mass is 10.2. The van der Waals surface area contributed by atoms with E-state index in [1.165, 1.54) is 14.2 Å². The number of hydrogen-bond donors (Lipinski definition) is 1. The maximum atomic E-state index is 11.6. The lowest BCUT2D eigenvalue weighted by Crippen LogP contribution is -2.28. The van der Waals surface area contributed by atoms with Gasteiger partial charge in [-0.15, -0.1) is 0 Å². The van der Waals surface area contributed by atoms with E-state index >= 15 is 0 Å². The van der Waals surface area contributed by atoms with Crippen molar-refractivity contribution in [1.29, 1.82) is 0 Å². The van der Waals surface area contributed by atoms with Crippen molar-refractivity contribution in [3.63, 3.8) is 0 Å². The predicted octanol–water partition coefficient (Wildman–Crippen LogP) is 1.89. The molecule has 17 heavy (non-hydrogen) atoms. The Morgan fingerprint density at radius 3 is 2.53 bits per heavy atom. The highest BCUT2D eigenvalue weighted by molar-refractivity contribution is 6.32. The van der Waals surface area contributed by atoms with Crippen molar-refractivity contribution in [3.05, 3.63) is 17.2 Å². The number of nitrogens with zero attached hydrogens (tertiary/aromatic N) is 1. The first-order valence-electron chi connectivity index (χ1n) is 5.14. The van der Waals surface area contributed by atoms with Crippen molar-refractivity contribution >= 4 is 23.3 Å². The number of nitrogens with one attached hydrogen (secondary N) is 1. The minimum atomic E-state index is -0.146. The molecule has 1 aromatic rings. The van der Waals surface area contributed by atoms with E-state index in [0.29, 0.717) is 35.3 Å². The van der Waals surface area contributed by atoms with Crippen LogP contribution in [0.3, 0.4) is 0 Å². The molecule has 0 radical (unpaired) electrons. The molecule has 0 bridgehead atoms. The van der Waals surface area contributed by atoms with E-state index in [2.05, 4.69) is 5.32 Å². The summed E-state index contributed by atoms with van der Waals surface area (Å²) in [6, 6.07) is 3.19. The van der Waals surface area contributed by atoms with E-state index in [1.807, 2.05) is 0 Å². The second-order valence-corrected chi connectivity index (χ2v) is 3.95. The highest BCUT2D eigenvalue weighted by Gasteiger charge is 2.25. The molecule has 1 saturated heterocycles. The van der Waals surface area contributed by atoms with Gasteiger partial charge in [-0.2, -0.15) is 0 Å². The summed E-state index contributed by atoms with van der Waals surface area (Å²) in [7, 11) is 3.07. The average Bonchev–Trinajstić information content (AvgIpc) is 2.75. The van der Waals surface area contributed by atoms with Gasteiger partial charge in [-0.1, -0.05) is 11.6 Å². The van der Waals surface area contributed by atoms with Crippen LogP contribution in [0, 0.1) is 0 Å². The molecule has 1 aliphatic heterocycles. The van der Waals surface area contributed by atoms with Crippen LogP contribution >= 0.6 is 11.6 Å². The minimum Gasteiger partial charge on any atom is -0.495 e. The molecule has 0 saturated carbocycles. The molecule has 0 aromatic heterocycles. The van der Waals surface area contributed by atoms with E-state index < -0.39 is 0 Å². The van der Waals surface area contributed by atoms with E-state index in [4.69, 9.17) is 21.1 Å². The second kappa shape index (κ2) is 4.71. The number of urea groups is 1. The third-order valence-electron chi connectivity index (χ3n) is 2.60. The van der Waals surface area contributed by atoms with Crippen molar-refractivity contribution in [1.82, 2.24) is 5.32 Å². The normalized spacial score (nSPS) is 14.8.